The van der Waals surface area contributed by atoms with Gasteiger partial charge in [0, 0.05) is 26.2 Å². The van der Waals surface area contributed by atoms with Gasteiger partial charge < -0.3 is 10.2 Å². The molecule has 1 saturated heterocycles. The lowest BCUT2D eigenvalue weighted by atomic mass is 10.3. The predicted molar refractivity (Wildman–Crippen MR) is 66.4 cm³/mol. The summed E-state index contributed by atoms with van der Waals surface area (Å²) in [5, 5.41) is 3.24. The number of carbonyl (C=O) groups excluding carboxylic acids is 1. The predicted octanol–water partition coefficient (Wildman–Crippen LogP) is 0.539. The van der Waals surface area contributed by atoms with Crippen molar-refractivity contribution in [2.75, 3.05) is 39.8 Å². The minimum absolute atomic E-state index is 0.177. The molecule has 0 aliphatic carbocycles. The van der Waals surface area contributed by atoms with E-state index in [-0.39, 0.29) is 5.91 Å². The van der Waals surface area contributed by atoms with Crippen LogP contribution in [0, 0.1) is 0 Å². The smallest absolute Gasteiger partial charge is 0.236 e. The summed E-state index contributed by atoms with van der Waals surface area (Å²) in [6, 6.07) is 0.544. The van der Waals surface area contributed by atoms with Gasteiger partial charge in [-0.2, -0.15) is 0 Å². The number of carbonyl (C=O) groups is 1. The molecule has 1 N–H and O–H groups in total. The van der Waals surface area contributed by atoms with E-state index in [0.29, 0.717) is 12.6 Å². The fourth-order valence-electron chi connectivity index (χ4n) is 2.01. The molecule has 1 heterocycles. The van der Waals surface area contributed by atoms with Crippen LogP contribution >= 0.6 is 0 Å². The Bertz CT molecular complexity index is 214. The fourth-order valence-corrected chi connectivity index (χ4v) is 2.01. The molecule has 0 aromatic heterocycles. The van der Waals surface area contributed by atoms with Gasteiger partial charge in [0.25, 0.3) is 0 Å². The molecule has 0 saturated carbocycles. The number of nitrogens with zero attached hydrogens (tertiary/aromatic N) is 2. The van der Waals surface area contributed by atoms with Crippen LogP contribution in [-0.4, -0.2) is 61.5 Å². The minimum Gasteiger partial charge on any atom is -0.345 e. The molecule has 0 radical (unpaired) electrons. The molecule has 1 unspecified atom stereocenters. The highest BCUT2D eigenvalue weighted by Crippen LogP contribution is 2.10. The zero-order chi connectivity index (χ0) is 12.0. The van der Waals surface area contributed by atoms with Crippen molar-refractivity contribution in [2.24, 2.45) is 0 Å². The lowest BCUT2D eigenvalue weighted by Crippen LogP contribution is -2.42. The average Bonchev–Trinajstić information content (AvgIpc) is 2.81. The number of amides is 1. The normalized spacial score (nSPS) is 18.7. The molecule has 0 bridgehead atoms. The molecule has 0 aromatic carbocycles. The molecule has 4 heteroatoms. The molecule has 0 aromatic rings. The zero-order valence-corrected chi connectivity index (χ0v) is 10.8. The molecule has 94 valence electrons. The minimum atomic E-state index is 0.177. The Hall–Kier alpha value is -0.610. The van der Waals surface area contributed by atoms with Crippen molar-refractivity contribution in [3.05, 3.63) is 0 Å². The maximum absolute atomic E-state index is 11.5. The van der Waals surface area contributed by atoms with Crippen LogP contribution in [0.3, 0.4) is 0 Å². The van der Waals surface area contributed by atoms with Crippen LogP contribution < -0.4 is 5.32 Å². The van der Waals surface area contributed by atoms with Crippen molar-refractivity contribution in [2.45, 2.75) is 32.7 Å². The number of hydrogen-bond donors (Lipinski definition) is 1. The van der Waals surface area contributed by atoms with Crippen LogP contribution in [-0.2, 0) is 4.79 Å². The molecule has 1 aliphatic rings. The third kappa shape index (κ3) is 4.10. The third-order valence-electron chi connectivity index (χ3n) is 3.38. The molecular weight excluding hydrogens is 202 g/mol. The largest absolute Gasteiger partial charge is 0.345 e. The number of rotatable bonds is 6. The zero-order valence-electron chi connectivity index (χ0n) is 10.8. The highest BCUT2D eigenvalue weighted by atomic mass is 16.2. The fraction of sp³-hybridized carbons (Fsp3) is 0.917. The first kappa shape index (κ1) is 13.5. The second kappa shape index (κ2) is 6.86. The lowest BCUT2D eigenvalue weighted by molar-refractivity contribution is -0.128. The van der Waals surface area contributed by atoms with E-state index in [2.05, 4.69) is 17.1 Å². The van der Waals surface area contributed by atoms with Crippen LogP contribution in [0.15, 0.2) is 0 Å². The SMILES string of the molecule is CCN(C)C(=O)CNCC(C)N1CCCC1. The maximum atomic E-state index is 11.5. The van der Waals surface area contributed by atoms with E-state index in [4.69, 9.17) is 0 Å². The Labute approximate surface area is 99.0 Å². The van der Waals surface area contributed by atoms with Crippen LogP contribution in [0.1, 0.15) is 26.7 Å². The van der Waals surface area contributed by atoms with Crippen LogP contribution in [0.5, 0.6) is 0 Å². The van der Waals surface area contributed by atoms with Crippen LogP contribution in [0.25, 0.3) is 0 Å². The van der Waals surface area contributed by atoms with Gasteiger partial charge in [0.2, 0.25) is 5.91 Å². The molecule has 1 aliphatic heterocycles. The highest BCUT2D eigenvalue weighted by molar-refractivity contribution is 5.77. The average molecular weight is 227 g/mol. The van der Waals surface area contributed by atoms with Gasteiger partial charge in [0.05, 0.1) is 6.54 Å². The van der Waals surface area contributed by atoms with Gasteiger partial charge in [-0.15, -0.1) is 0 Å². The number of nitrogens with one attached hydrogen (secondary N) is 1. The Balaban J connectivity index is 2.12. The summed E-state index contributed by atoms with van der Waals surface area (Å²) in [7, 11) is 1.84. The monoisotopic (exact) mass is 227 g/mol. The second-order valence-corrected chi connectivity index (χ2v) is 4.63. The van der Waals surface area contributed by atoms with Gasteiger partial charge in [-0.25, -0.2) is 0 Å². The van der Waals surface area contributed by atoms with E-state index in [1.54, 1.807) is 4.90 Å². The Morgan fingerprint density at radius 2 is 2.06 bits per heavy atom. The molecule has 1 fully saturated rings. The molecular formula is C12H25N3O. The lowest BCUT2D eigenvalue weighted by Gasteiger charge is -2.24. The van der Waals surface area contributed by atoms with Crippen molar-refractivity contribution >= 4 is 5.91 Å². The summed E-state index contributed by atoms with van der Waals surface area (Å²) in [6.07, 6.45) is 2.64. The summed E-state index contributed by atoms with van der Waals surface area (Å²) in [4.78, 5) is 15.8. The van der Waals surface area contributed by atoms with Gasteiger partial charge in [-0.05, 0) is 39.8 Å². The topological polar surface area (TPSA) is 35.6 Å². The molecule has 4 nitrogen and oxygen atoms in total. The van der Waals surface area contributed by atoms with E-state index in [1.165, 1.54) is 25.9 Å². The summed E-state index contributed by atoms with van der Waals surface area (Å²) < 4.78 is 0. The number of likely N-dealkylation sites (N-methyl/N-ethyl adjacent to an activating group) is 1. The number of hydrogen-bond acceptors (Lipinski definition) is 3. The first-order valence-corrected chi connectivity index (χ1v) is 6.34. The Kier molecular flexibility index (Phi) is 5.77. The third-order valence-corrected chi connectivity index (χ3v) is 3.38. The van der Waals surface area contributed by atoms with Gasteiger partial charge in [-0.1, -0.05) is 0 Å². The van der Waals surface area contributed by atoms with E-state index in [0.717, 1.165) is 13.1 Å². The van der Waals surface area contributed by atoms with Crippen molar-refractivity contribution in [1.82, 2.24) is 15.1 Å². The molecule has 1 amide bonds. The van der Waals surface area contributed by atoms with E-state index >= 15 is 0 Å². The van der Waals surface area contributed by atoms with Crippen molar-refractivity contribution in [3.63, 3.8) is 0 Å². The quantitative estimate of drug-likeness (QED) is 0.719. The summed E-state index contributed by atoms with van der Waals surface area (Å²) in [6.45, 7) is 8.79. The van der Waals surface area contributed by atoms with E-state index in [9.17, 15) is 4.79 Å². The van der Waals surface area contributed by atoms with Crippen molar-refractivity contribution in [1.29, 1.82) is 0 Å². The molecule has 1 rings (SSSR count). The Morgan fingerprint density at radius 1 is 1.44 bits per heavy atom. The summed E-state index contributed by atoms with van der Waals surface area (Å²) >= 11 is 0. The van der Waals surface area contributed by atoms with Gasteiger partial charge in [-0.3, -0.25) is 9.69 Å². The van der Waals surface area contributed by atoms with Gasteiger partial charge >= 0.3 is 0 Å². The van der Waals surface area contributed by atoms with Crippen LogP contribution in [0.2, 0.25) is 0 Å². The summed E-state index contributed by atoms with van der Waals surface area (Å²) in [5.41, 5.74) is 0. The first-order chi connectivity index (χ1) is 7.65. The van der Waals surface area contributed by atoms with Crippen molar-refractivity contribution < 1.29 is 4.79 Å². The first-order valence-electron chi connectivity index (χ1n) is 6.34. The van der Waals surface area contributed by atoms with Crippen LogP contribution in [0.4, 0.5) is 0 Å². The summed E-state index contributed by atoms with van der Waals surface area (Å²) in [5.74, 6) is 0.177. The van der Waals surface area contributed by atoms with Crippen molar-refractivity contribution in [3.8, 4) is 0 Å². The van der Waals surface area contributed by atoms with Gasteiger partial charge in [0.1, 0.15) is 0 Å². The van der Waals surface area contributed by atoms with Gasteiger partial charge in [0.15, 0.2) is 0 Å². The van der Waals surface area contributed by atoms with E-state index in [1.807, 2.05) is 14.0 Å². The standard InChI is InChI=1S/C12H25N3O/c1-4-14(3)12(16)10-13-9-11(2)15-7-5-6-8-15/h11,13H,4-10H2,1-3H3. The molecule has 0 spiro atoms. The Morgan fingerprint density at radius 3 is 2.62 bits per heavy atom. The molecule has 16 heavy (non-hydrogen) atoms. The molecule has 1 atom stereocenters. The second-order valence-electron chi connectivity index (χ2n) is 4.63. The highest BCUT2D eigenvalue weighted by Gasteiger charge is 2.17. The van der Waals surface area contributed by atoms with E-state index < -0.39 is 0 Å². The maximum Gasteiger partial charge on any atom is 0.236 e. The number of likely N-dealkylation sites (tertiary alicyclic amines) is 1.